The second-order valence-corrected chi connectivity index (χ2v) is 4.94. The van der Waals surface area contributed by atoms with Gasteiger partial charge in [0.05, 0.1) is 0 Å². The number of fused-ring (bicyclic) bond motifs is 4. The maximum atomic E-state index is 9.53. The molecule has 80 valence electrons. The number of piperidine rings is 1. The van der Waals surface area contributed by atoms with Gasteiger partial charge in [0.1, 0.15) is 5.75 Å². The number of likely N-dealkylation sites (N-methyl/N-ethyl adjacent to an activating group) is 1. The topological polar surface area (TPSA) is 23.5 Å². The molecule has 2 heteroatoms. The highest BCUT2D eigenvalue weighted by Crippen LogP contribution is 2.40. The molecule has 0 saturated carbocycles. The molecule has 3 rings (SSSR count). The van der Waals surface area contributed by atoms with Gasteiger partial charge in [-0.05, 0) is 62.0 Å². The Balaban J connectivity index is 2.03. The van der Waals surface area contributed by atoms with Gasteiger partial charge in [0.25, 0.3) is 0 Å². The molecule has 1 aromatic rings. The molecule has 15 heavy (non-hydrogen) atoms. The fourth-order valence-corrected chi connectivity index (χ4v) is 3.09. The van der Waals surface area contributed by atoms with E-state index in [1.54, 1.807) is 0 Å². The highest BCUT2D eigenvalue weighted by atomic mass is 16.3. The van der Waals surface area contributed by atoms with Gasteiger partial charge >= 0.3 is 0 Å². The lowest BCUT2D eigenvalue weighted by molar-refractivity contribution is 0.157. The second-order valence-electron chi connectivity index (χ2n) is 4.94. The summed E-state index contributed by atoms with van der Waals surface area (Å²) in [5.41, 5.74) is 2.85. The Morgan fingerprint density at radius 2 is 2.27 bits per heavy atom. The monoisotopic (exact) mass is 203 g/mol. The highest BCUT2D eigenvalue weighted by molar-refractivity contribution is 5.40. The molecule has 0 amide bonds. The standard InChI is InChI=1S/C13H17NO/c1-14-5-4-10-7-11(14)6-9-2-3-12(15)8-13(9)10/h2-3,8,10-11,15H,4-7H2,1H3/t10-,11-/m0/s1. The molecule has 2 bridgehead atoms. The van der Waals surface area contributed by atoms with E-state index in [2.05, 4.69) is 18.0 Å². The fourth-order valence-electron chi connectivity index (χ4n) is 3.09. The summed E-state index contributed by atoms with van der Waals surface area (Å²) in [6.45, 7) is 1.20. The smallest absolute Gasteiger partial charge is 0.115 e. The van der Waals surface area contributed by atoms with E-state index in [0.717, 1.165) is 12.5 Å². The third kappa shape index (κ3) is 1.44. The van der Waals surface area contributed by atoms with Crippen molar-refractivity contribution in [2.45, 2.75) is 31.2 Å². The van der Waals surface area contributed by atoms with E-state index in [9.17, 15) is 5.11 Å². The van der Waals surface area contributed by atoms with Gasteiger partial charge in [-0.25, -0.2) is 0 Å². The molecule has 2 atom stereocenters. The maximum Gasteiger partial charge on any atom is 0.115 e. The van der Waals surface area contributed by atoms with Gasteiger partial charge in [-0.15, -0.1) is 0 Å². The molecule has 1 N–H and O–H groups in total. The van der Waals surface area contributed by atoms with Crippen LogP contribution in [0.15, 0.2) is 18.2 Å². The van der Waals surface area contributed by atoms with Crippen molar-refractivity contribution in [2.75, 3.05) is 13.6 Å². The largest absolute Gasteiger partial charge is 0.508 e. The summed E-state index contributed by atoms with van der Waals surface area (Å²) in [6, 6.07) is 6.62. The van der Waals surface area contributed by atoms with Crippen molar-refractivity contribution in [3.05, 3.63) is 29.3 Å². The number of aromatic hydroxyl groups is 1. The molecular weight excluding hydrogens is 186 g/mol. The summed E-state index contributed by atoms with van der Waals surface area (Å²) in [6.07, 6.45) is 3.67. The van der Waals surface area contributed by atoms with Crippen molar-refractivity contribution in [3.63, 3.8) is 0 Å². The first kappa shape index (κ1) is 9.22. The van der Waals surface area contributed by atoms with Crippen LogP contribution in [0.4, 0.5) is 0 Å². The lowest BCUT2D eigenvalue weighted by atomic mass is 9.75. The van der Waals surface area contributed by atoms with Crippen LogP contribution in [0, 0.1) is 0 Å². The Bertz CT molecular complexity index is 388. The van der Waals surface area contributed by atoms with Crippen molar-refractivity contribution >= 4 is 0 Å². The minimum atomic E-state index is 0.422. The van der Waals surface area contributed by atoms with E-state index < -0.39 is 0 Å². The van der Waals surface area contributed by atoms with Crippen LogP contribution < -0.4 is 0 Å². The lowest BCUT2D eigenvalue weighted by Crippen LogP contribution is -2.43. The zero-order valence-corrected chi connectivity index (χ0v) is 9.11. The van der Waals surface area contributed by atoms with Crippen molar-refractivity contribution in [2.24, 2.45) is 0 Å². The Labute approximate surface area is 90.5 Å². The van der Waals surface area contributed by atoms with Gasteiger partial charge in [-0.2, -0.15) is 0 Å². The van der Waals surface area contributed by atoms with E-state index >= 15 is 0 Å². The molecule has 1 aliphatic carbocycles. The van der Waals surface area contributed by atoms with Gasteiger partial charge in [-0.1, -0.05) is 6.07 Å². The molecule has 0 unspecified atom stereocenters. The van der Waals surface area contributed by atoms with Crippen LogP contribution in [0.3, 0.4) is 0 Å². The maximum absolute atomic E-state index is 9.53. The zero-order valence-electron chi connectivity index (χ0n) is 9.11. The van der Waals surface area contributed by atoms with Crippen molar-refractivity contribution < 1.29 is 5.11 Å². The number of phenolic OH excluding ortho intramolecular Hbond substituents is 1. The Hall–Kier alpha value is -1.02. The quantitative estimate of drug-likeness (QED) is 0.698. The third-order valence-corrected chi connectivity index (χ3v) is 4.04. The average molecular weight is 203 g/mol. The molecule has 2 nitrogen and oxygen atoms in total. The minimum Gasteiger partial charge on any atom is -0.508 e. The molecule has 1 saturated heterocycles. The van der Waals surface area contributed by atoms with Gasteiger partial charge in [-0.3, -0.25) is 0 Å². The first-order valence-corrected chi connectivity index (χ1v) is 5.76. The Morgan fingerprint density at radius 1 is 1.40 bits per heavy atom. The summed E-state index contributed by atoms with van der Waals surface area (Å²) in [5.74, 6) is 1.10. The lowest BCUT2D eigenvalue weighted by Gasteiger charge is -2.42. The first-order valence-electron chi connectivity index (χ1n) is 5.76. The number of benzene rings is 1. The second kappa shape index (κ2) is 3.24. The molecule has 1 heterocycles. The molecule has 1 aromatic carbocycles. The summed E-state index contributed by atoms with van der Waals surface area (Å²) in [4.78, 5) is 2.48. The Morgan fingerprint density at radius 3 is 3.13 bits per heavy atom. The SMILES string of the molecule is CN1CC[C@H]2C[C@@H]1Cc1ccc(O)cc12. The predicted octanol–water partition coefficient (Wildman–Crippen LogP) is 2.13. The fraction of sp³-hybridized carbons (Fsp3) is 0.538. The molecular formula is C13H17NO. The van der Waals surface area contributed by atoms with Crippen molar-refractivity contribution in [1.82, 2.24) is 4.90 Å². The van der Waals surface area contributed by atoms with Crippen molar-refractivity contribution in [3.8, 4) is 5.75 Å². The highest BCUT2D eigenvalue weighted by Gasteiger charge is 2.33. The first-order chi connectivity index (χ1) is 7.24. The van der Waals surface area contributed by atoms with Crippen LogP contribution in [0.5, 0.6) is 5.75 Å². The molecule has 0 radical (unpaired) electrons. The van der Waals surface area contributed by atoms with Crippen LogP contribution >= 0.6 is 0 Å². The van der Waals surface area contributed by atoms with E-state index in [-0.39, 0.29) is 0 Å². The third-order valence-electron chi connectivity index (χ3n) is 4.04. The van der Waals surface area contributed by atoms with Crippen LogP contribution in [-0.2, 0) is 6.42 Å². The van der Waals surface area contributed by atoms with Crippen LogP contribution in [0.1, 0.15) is 29.9 Å². The minimum absolute atomic E-state index is 0.422. The summed E-state index contributed by atoms with van der Waals surface area (Å²) in [5, 5.41) is 9.53. The molecule has 0 aromatic heterocycles. The van der Waals surface area contributed by atoms with E-state index in [1.807, 2.05) is 12.1 Å². The van der Waals surface area contributed by atoms with Crippen molar-refractivity contribution in [1.29, 1.82) is 0 Å². The van der Waals surface area contributed by atoms with E-state index in [0.29, 0.717) is 11.7 Å². The molecule has 2 aliphatic rings. The van der Waals surface area contributed by atoms with Gasteiger partial charge in [0, 0.05) is 6.04 Å². The summed E-state index contributed by atoms with van der Waals surface area (Å²) >= 11 is 0. The van der Waals surface area contributed by atoms with Crippen LogP contribution in [0.2, 0.25) is 0 Å². The summed E-state index contributed by atoms with van der Waals surface area (Å²) in [7, 11) is 2.23. The van der Waals surface area contributed by atoms with E-state index in [1.165, 1.54) is 30.5 Å². The normalized spacial score (nSPS) is 29.9. The average Bonchev–Trinajstić information content (AvgIpc) is 2.24. The van der Waals surface area contributed by atoms with Gasteiger partial charge in [0.15, 0.2) is 0 Å². The number of phenols is 1. The van der Waals surface area contributed by atoms with E-state index in [4.69, 9.17) is 0 Å². The van der Waals surface area contributed by atoms with Gasteiger partial charge < -0.3 is 10.0 Å². The number of nitrogens with zero attached hydrogens (tertiary/aromatic N) is 1. The summed E-state index contributed by atoms with van der Waals surface area (Å²) < 4.78 is 0. The zero-order chi connectivity index (χ0) is 10.4. The van der Waals surface area contributed by atoms with Gasteiger partial charge in [0.2, 0.25) is 0 Å². The number of likely N-dealkylation sites (tertiary alicyclic amines) is 1. The number of rotatable bonds is 0. The number of hydrogen-bond acceptors (Lipinski definition) is 2. The van der Waals surface area contributed by atoms with Crippen LogP contribution in [-0.4, -0.2) is 29.6 Å². The molecule has 0 spiro atoms. The molecule has 1 aliphatic heterocycles. The van der Waals surface area contributed by atoms with Crippen LogP contribution in [0.25, 0.3) is 0 Å². The Kier molecular flexibility index (Phi) is 1.99. The predicted molar refractivity (Wildman–Crippen MR) is 60.2 cm³/mol. The number of hydrogen-bond donors (Lipinski definition) is 1. The molecule has 1 fully saturated rings.